The number of phenolic OH excluding ortho intramolecular Hbond substituents is 1. The average Bonchev–Trinajstić information content (AvgIpc) is 2.94. The Kier molecular flexibility index (Phi) is 18.9. The topological polar surface area (TPSA) is 165 Å². The van der Waals surface area contributed by atoms with Gasteiger partial charge in [0.1, 0.15) is 23.9 Å². The van der Waals surface area contributed by atoms with Crippen LogP contribution in [0.3, 0.4) is 0 Å². The molecule has 0 aromatic heterocycles. The largest absolute Gasteiger partial charge is 0.508 e. The summed E-state index contributed by atoms with van der Waals surface area (Å²) < 4.78 is 0. The Hall–Kier alpha value is -3.14. The molecule has 0 saturated carbocycles. The molecule has 1 aromatic carbocycles. The van der Waals surface area contributed by atoms with Gasteiger partial charge in [0, 0.05) is 12.8 Å². The van der Waals surface area contributed by atoms with Crippen molar-refractivity contribution in [2.75, 3.05) is 6.61 Å². The van der Waals surface area contributed by atoms with Crippen molar-refractivity contribution in [2.45, 2.75) is 129 Å². The molecule has 10 heteroatoms. The summed E-state index contributed by atoms with van der Waals surface area (Å²) in [5.41, 5.74) is 0.677. The monoisotopic (exact) mass is 591 g/mol. The molecule has 42 heavy (non-hydrogen) atoms. The summed E-state index contributed by atoms with van der Waals surface area (Å²) in [6, 6.07) is 2.61. The number of unbranched alkanes of at least 4 members (excludes halogenated alkanes) is 10. The maximum atomic E-state index is 13.2. The molecule has 1 aromatic rings. The zero-order valence-corrected chi connectivity index (χ0v) is 25.7. The maximum Gasteiger partial charge on any atom is 0.326 e. The zero-order chi connectivity index (χ0) is 31.3. The zero-order valence-electron chi connectivity index (χ0n) is 25.7. The van der Waals surface area contributed by atoms with Gasteiger partial charge < -0.3 is 31.3 Å². The van der Waals surface area contributed by atoms with Crippen molar-refractivity contribution in [1.82, 2.24) is 16.0 Å². The molecule has 0 spiro atoms. The van der Waals surface area contributed by atoms with E-state index in [1.165, 1.54) is 57.1 Å². The fourth-order valence-corrected chi connectivity index (χ4v) is 4.72. The number of phenols is 1. The molecule has 0 unspecified atom stereocenters. The van der Waals surface area contributed by atoms with Crippen LogP contribution in [0.1, 0.15) is 110 Å². The van der Waals surface area contributed by atoms with E-state index in [2.05, 4.69) is 22.9 Å². The molecule has 0 radical (unpaired) electrons. The fourth-order valence-electron chi connectivity index (χ4n) is 4.72. The third kappa shape index (κ3) is 16.3. The summed E-state index contributed by atoms with van der Waals surface area (Å²) in [6.07, 6.45) is 13.3. The SMILES string of the molecule is CCCCCCCCCCCCCC(=O)N[C@@H](Cc1ccc(O)cc1)C(=O)N[C@@H](CO)C(=O)N[C@@H](CC(C)C)C(=O)O. The Morgan fingerprint density at radius 2 is 1.21 bits per heavy atom. The number of carboxylic acid groups (broad SMARTS) is 1. The van der Waals surface area contributed by atoms with Gasteiger partial charge in [0.25, 0.3) is 0 Å². The van der Waals surface area contributed by atoms with E-state index in [9.17, 15) is 34.5 Å². The van der Waals surface area contributed by atoms with E-state index in [1.807, 2.05) is 13.8 Å². The number of benzene rings is 1. The summed E-state index contributed by atoms with van der Waals surface area (Å²) in [6.45, 7) is 5.11. The van der Waals surface area contributed by atoms with Crippen molar-refractivity contribution in [1.29, 1.82) is 0 Å². The molecule has 238 valence electrons. The minimum atomic E-state index is -1.39. The summed E-state index contributed by atoms with van der Waals surface area (Å²) in [7, 11) is 0. The van der Waals surface area contributed by atoms with Crippen LogP contribution >= 0.6 is 0 Å². The highest BCUT2D eigenvalue weighted by atomic mass is 16.4. The van der Waals surface area contributed by atoms with Crippen LogP contribution in [-0.2, 0) is 25.6 Å². The van der Waals surface area contributed by atoms with E-state index < -0.39 is 42.5 Å². The molecule has 1 rings (SSSR count). The average molecular weight is 592 g/mol. The van der Waals surface area contributed by atoms with Gasteiger partial charge in [-0.2, -0.15) is 0 Å². The van der Waals surface area contributed by atoms with Crippen molar-refractivity contribution in [3.05, 3.63) is 29.8 Å². The third-order valence-electron chi connectivity index (χ3n) is 7.17. The second-order valence-electron chi connectivity index (χ2n) is 11.5. The lowest BCUT2D eigenvalue weighted by molar-refractivity contribution is -0.143. The molecule has 3 amide bonds. The van der Waals surface area contributed by atoms with Crippen molar-refractivity contribution >= 4 is 23.7 Å². The number of rotatable bonds is 23. The van der Waals surface area contributed by atoms with E-state index >= 15 is 0 Å². The minimum absolute atomic E-state index is 0.00112. The van der Waals surface area contributed by atoms with Gasteiger partial charge in [-0.15, -0.1) is 0 Å². The Morgan fingerprint density at radius 3 is 1.71 bits per heavy atom. The van der Waals surface area contributed by atoms with Gasteiger partial charge in [-0.1, -0.05) is 97.1 Å². The number of carbonyl (C=O) groups is 4. The standard InChI is InChI=1S/C32H53N3O7/c1-4-5-6-7-8-9-10-11-12-13-14-15-29(38)33-26(21-24-16-18-25(37)19-17-24)30(39)35-28(22-36)31(40)34-27(32(41)42)20-23(2)3/h16-19,23,26-28,36-37H,4-15,20-22H2,1-3H3,(H,33,38)(H,34,40)(H,35,39)(H,41,42)/t26-,27-,28-/m0/s1. The molecule has 0 aliphatic heterocycles. The lowest BCUT2D eigenvalue weighted by atomic mass is 10.0. The number of aromatic hydroxyl groups is 1. The molecular weight excluding hydrogens is 538 g/mol. The molecular formula is C32H53N3O7. The smallest absolute Gasteiger partial charge is 0.326 e. The van der Waals surface area contributed by atoms with Crippen LogP contribution in [0.4, 0.5) is 0 Å². The van der Waals surface area contributed by atoms with Crippen LogP contribution in [0, 0.1) is 5.92 Å². The first-order valence-electron chi connectivity index (χ1n) is 15.6. The first-order valence-corrected chi connectivity index (χ1v) is 15.6. The molecule has 6 N–H and O–H groups in total. The summed E-state index contributed by atoms with van der Waals surface area (Å²) >= 11 is 0. The lowest BCUT2D eigenvalue weighted by Crippen LogP contribution is -2.57. The van der Waals surface area contributed by atoms with Crippen molar-refractivity contribution in [3.8, 4) is 5.75 Å². The first kappa shape index (κ1) is 36.9. The Balaban J connectivity index is 2.67. The number of carboxylic acids is 1. The molecule has 0 aliphatic carbocycles. The Bertz CT molecular complexity index is 937. The number of hydrogen-bond acceptors (Lipinski definition) is 6. The summed E-state index contributed by atoms with van der Waals surface area (Å²) in [5.74, 6) is -2.95. The van der Waals surface area contributed by atoms with Gasteiger partial charge in [-0.25, -0.2) is 4.79 Å². The van der Waals surface area contributed by atoms with Crippen LogP contribution < -0.4 is 16.0 Å². The van der Waals surface area contributed by atoms with Crippen LogP contribution in [0.5, 0.6) is 5.75 Å². The van der Waals surface area contributed by atoms with E-state index in [4.69, 9.17) is 0 Å². The highest BCUT2D eigenvalue weighted by molar-refractivity contribution is 5.93. The van der Waals surface area contributed by atoms with Crippen LogP contribution in [0.15, 0.2) is 24.3 Å². The molecule has 3 atom stereocenters. The predicted octanol–water partition coefficient (Wildman–Crippen LogP) is 4.21. The normalized spacial score (nSPS) is 13.3. The molecule has 10 nitrogen and oxygen atoms in total. The quantitative estimate of drug-likeness (QED) is 0.104. The van der Waals surface area contributed by atoms with E-state index in [0.717, 1.165) is 19.3 Å². The van der Waals surface area contributed by atoms with Gasteiger partial charge >= 0.3 is 5.97 Å². The number of nitrogens with one attached hydrogen (secondary N) is 3. The second-order valence-corrected chi connectivity index (χ2v) is 11.5. The molecule has 0 aliphatic rings. The lowest BCUT2D eigenvalue weighted by Gasteiger charge is -2.24. The number of aliphatic carboxylic acids is 1. The van der Waals surface area contributed by atoms with Crippen molar-refractivity contribution in [3.63, 3.8) is 0 Å². The third-order valence-corrected chi connectivity index (χ3v) is 7.17. The maximum absolute atomic E-state index is 13.2. The Morgan fingerprint density at radius 1 is 0.714 bits per heavy atom. The Labute approximate surface area is 251 Å². The van der Waals surface area contributed by atoms with E-state index in [-0.39, 0.29) is 36.8 Å². The molecule has 0 heterocycles. The number of aliphatic hydroxyl groups is 1. The van der Waals surface area contributed by atoms with Gasteiger partial charge in [-0.3, -0.25) is 14.4 Å². The van der Waals surface area contributed by atoms with Crippen LogP contribution in [0.2, 0.25) is 0 Å². The van der Waals surface area contributed by atoms with Crippen molar-refractivity contribution < 1.29 is 34.5 Å². The highest BCUT2D eigenvalue weighted by Crippen LogP contribution is 2.14. The molecule has 0 saturated heterocycles. The summed E-state index contributed by atoms with van der Waals surface area (Å²) in [5, 5.41) is 36.4. The van der Waals surface area contributed by atoms with Gasteiger partial charge in [-0.05, 0) is 36.5 Å². The van der Waals surface area contributed by atoms with Gasteiger partial charge in [0.2, 0.25) is 17.7 Å². The van der Waals surface area contributed by atoms with Gasteiger partial charge in [0.15, 0.2) is 0 Å². The van der Waals surface area contributed by atoms with Gasteiger partial charge in [0.05, 0.1) is 6.61 Å². The van der Waals surface area contributed by atoms with Crippen LogP contribution in [-0.4, -0.2) is 63.7 Å². The molecule has 0 fully saturated rings. The molecule has 0 bridgehead atoms. The highest BCUT2D eigenvalue weighted by Gasteiger charge is 2.29. The fraction of sp³-hybridized carbons (Fsp3) is 0.688. The number of amides is 3. The summed E-state index contributed by atoms with van der Waals surface area (Å²) in [4.78, 5) is 50.2. The van der Waals surface area contributed by atoms with E-state index in [1.54, 1.807) is 12.1 Å². The first-order chi connectivity index (χ1) is 20.1. The number of carbonyl (C=O) groups excluding carboxylic acids is 3. The number of hydrogen-bond donors (Lipinski definition) is 6. The number of aliphatic hydroxyl groups excluding tert-OH is 1. The van der Waals surface area contributed by atoms with Crippen molar-refractivity contribution in [2.24, 2.45) is 5.92 Å². The van der Waals surface area contributed by atoms with Crippen LogP contribution in [0.25, 0.3) is 0 Å². The second kappa shape index (κ2) is 21.5. The van der Waals surface area contributed by atoms with E-state index in [0.29, 0.717) is 12.0 Å². The predicted molar refractivity (Wildman–Crippen MR) is 163 cm³/mol. The minimum Gasteiger partial charge on any atom is -0.508 e.